The molecular formula is C37H63N3O2. The van der Waals surface area contributed by atoms with Crippen LogP contribution in [0.4, 0.5) is 0 Å². The second-order valence-corrected chi connectivity index (χ2v) is 11.4. The van der Waals surface area contributed by atoms with Crippen LogP contribution in [0.25, 0.3) is 5.57 Å². The highest BCUT2D eigenvalue weighted by atomic mass is 16.5. The Bertz CT molecular complexity index is 1020. The van der Waals surface area contributed by atoms with E-state index in [9.17, 15) is 0 Å². The Kier molecular flexibility index (Phi) is 21.7. The lowest BCUT2D eigenvalue weighted by Gasteiger charge is -2.24. The number of hydrogen-bond donors (Lipinski definition) is 2. The van der Waals surface area contributed by atoms with Crippen LogP contribution in [0.3, 0.4) is 0 Å². The van der Waals surface area contributed by atoms with Crippen LogP contribution >= 0.6 is 0 Å². The summed E-state index contributed by atoms with van der Waals surface area (Å²) in [5.41, 5.74) is 13.7. The molecule has 0 saturated carbocycles. The molecule has 3 N–H and O–H groups in total. The zero-order chi connectivity index (χ0) is 32.1. The van der Waals surface area contributed by atoms with Gasteiger partial charge in [0.1, 0.15) is 5.82 Å². The van der Waals surface area contributed by atoms with Crippen LogP contribution in [-0.4, -0.2) is 48.6 Å². The number of nitrogens with two attached hydrogens (primary N) is 1. The maximum Gasteiger partial charge on any atom is 0.121 e. The Labute approximate surface area is 259 Å². The number of allylic oxidation sites excluding steroid dienone is 5. The Morgan fingerprint density at radius 3 is 2.24 bits per heavy atom. The second-order valence-electron chi connectivity index (χ2n) is 11.4. The molecular weight excluding hydrogens is 518 g/mol. The summed E-state index contributed by atoms with van der Waals surface area (Å²) >= 11 is 0. The zero-order valence-corrected chi connectivity index (χ0v) is 28.6. The van der Waals surface area contributed by atoms with Gasteiger partial charge in [0.15, 0.2) is 0 Å². The van der Waals surface area contributed by atoms with Gasteiger partial charge < -0.3 is 20.5 Å². The van der Waals surface area contributed by atoms with E-state index in [1.807, 2.05) is 13.8 Å². The number of aliphatic hydroxyl groups is 1. The summed E-state index contributed by atoms with van der Waals surface area (Å²) in [7, 11) is 0. The fraction of sp³-hybridized carbons (Fsp3) is 0.595. The number of aliphatic hydroxyl groups excluding tert-OH is 1. The molecule has 1 aromatic carbocycles. The minimum absolute atomic E-state index is 0.238. The molecule has 0 heterocycles. The number of rotatable bonds is 19. The summed E-state index contributed by atoms with van der Waals surface area (Å²) in [6.45, 7) is 31.9. The number of hydrogen-bond acceptors (Lipinski definition) is 5. The SMILES string of the molecule is C=C(C)C(=C\C=C(/C)c1ccc(CC)c(CN)c1)/C(C)=N\C(=C)N(CC)CCC(C)CCO.CCCOC[C@H](C)CC. The quantitative estimate of drug-likeness (QED) is 0.0973. The maximum absolute atomic E-state index is 9.13. The van der Waals surface area contributed by atoms with Crippen molar-refractivity contribution in [1.29, 1.82) is 0 Å². The number of ether oxygens (including phenoxy) is 1. The van der Waals surface area contributed by atoms with E-state index >= 15 is 0 Å². The van der Waals surface area contributed by atoms with Crippen molar-refractivity contribution in [3.05, 3.63) is 77.2 Å². The van der Waals surface area contributed by atoms with Crippen molar-refractivity contribution in [2.75, 3.05) is 32.9 Å². The highest BCUT2D eigenvalue weighted by Gasteiger charge is 2.10. The Hall–Kier alpha value is -2.47. The Morgan fingerprint density at radius 1 is 1.02 bits per heavy atom. The molecule has 238 valence electrons. The van der Waals surface area contributed by atoms with Gasteiger partial charge in [0.2, 0.25) is 0 Å². The summed E-state index contributed by atoms with van der Waals surface area (Å²) in [5, 5.41) is 9.13. The molecule has 1 rings (SSSR count). The largest absolute Gasteiger partial charge is 0.396 e. The van der Waals surface area contributed by atoms with Gasteiger partial charge in [-0.3, -0.25) is 0 Å². The van der Waals surface area contributed by atoms with Gasteiger partial charge in [0.25, 0.3) is 0 Å². The number of benzene rings is 1. The third kappa shape index (κ3) is 15.7. The number of nitrogens with zero attached hydrogens (tertiary/aromatic N) is 2. The molecule has 0 aliphatic carbocycles. The molecule has 1 aromatic rings. The van der Waals surface area contributed by atoms with E-state index in [4.69, 9.17) is 20.6 Å². The molecule has 42 heavy (non-hydrogen) atoms. The average molecular weight is 582 g/mol. The lowest BCUT2D eigenvalue weighted by atomic mass is 9.97. The summed E-state index contributed by atoms with van der Waals surface area (Å²) < 4.78 is 5.34. The van der Waals surface area contributed by atoms with Gasteiger partial charge in [-0.25, -0.2) is 4.99 Å². The molecule has 0 radical (unpaired) electrons. The smallest absolute Gasteiger partial charge is 0.121 e. The van der Waals surface area contributed by atoms with Crippen LogP contribution < -0.4 is 5.73 Å². The van der Waals surface area contributed by atoms with Crippen molar-refractivity contribution in [1.82, 2.24) is 4.90 Å². The summed E-state index contributed by atoms with van der Waals surface area (Å²) in [6.07, 6.45) is 9.41. The topological polar surface area (TPSA) is 71.1 Å². The molecule has 0 spiro atoms. The lowest BCUT2D eigenvalue weighted by molar-refractivity contribution is 0.104. The highest BCUT2D eigenvalue weighted by Crippen LogP contribution is 2.21. The minimum atomic E-state index is 0.238. The predicted octanol–water partition coefficient (Wildman–Crippen LogP) is 8.74. The second kappa shape index (κ2) is 23.0. The fourth-order valence-electron chi connectivity index (χ4n) is 4.36. The van der Waals surface area contributed by atoms with Gasteiger partial charge >= 0.3 is 0 Å². The third-order valence-electron chi connectivity index (χ3n) is 7.62. The molecule has 0 aliphatic heterocycles. The van der Waals surface area contributed by atoms with Crippen LogP contribution in [0.15, 0.2) is 65.5 Å². The van der Waals surface area contributed by atoms with Crippen molar-refractivity contribution in [2.24, 2.45) is 22.6 Å². The molecule has 0 saturated heterocycles. The lowest BCUT2D eigenvalue weighted by Crippen LogP contribution is -2.24. The van der Waals surface area contributed by atoms with E-state index in [2.05, 4.69) is 96.9 Å². The number of aliphatic imine (C=N–C) groups is 1. The molecule has 0 fully saturated rings. The first-order valence-electron chi connectivity index (χ1n) is 16.0. The van der Waals surface area contributed by atoms with Crippen molar-refractivity contribution in [3.8, 4) is 0 Å². The predicted molar refractivity (Wildman–Crippen MR) is 186 cm³/mol. The standard InChI is InChI=1S/C29H45N3O.C8H18O/c1-9-26-12-13-27(19-28(26)20-30)23(6)11-14-29(21(3)4)24(7)31-25(8)32(10-2)17-15-22(5)16-18-33;1-4-6-9-7-8(3)5-2/h11-14,19,22,33H,3,8-10,15-18,20,30H2,1-2,4-7H3;8H,4-7H2,1-3H3/b23-11+,29-14+,31-24-;/t;8-/m.1/s1. The summed E-state index contributed by atoms with van der Waals surface area (Å²) in [5.74, 6) is 1.98. The molecule has 5 nitrogen and oxygen atoms in total. The summed E-state index contributed by atoms with van der Waals surface area (Å²) in [6, 6.07) is 6.53. The summed E-state index contributed by atoms with van der Waals surface area (Å²) in [4.78, 5) is 7.01. The van der Waals surface area contributed by atoms with E-state index in [1.165, 1.54) is 28.7 Å². The van der Waals surface area contributed by atoms with Crippen LogP contribution in [0.2, 0.25) is 0 Å². The van der Waals surface area contributed by atoms with Crippen LogP contribution in [0.5, 0.6) is 0 Å². The van der Waals surface area contributed by atoms with Crippen LogP contribution in [-0.2, 0) is 17.7 Å². The van der Waals surface area contributed by atoms with Gasteiger partial charge in [-0.05, 0) is 105 Å². The van der Waals surface area contributed by atoms with Crippen molar-refractivity contribution in [3.63, 3.8) is 0 Å². The monoisotopic (exact) mass is 581 g/mol. The van der Waals surface area contributed by atoms with Gasteiger partial charge in [0.05, 0.1) is 0 Å². The van der Waals surface area contributed by atoms with Gasteiger partial charge in [0, 0.05) is 45.2 Å². The molecule has 0 bridgehead atoms. The highest BCUT2D eigenvalue weighted by molar-refractivity contribution is 6.02. The van der Waals surface area contributed by atoms with E-state index in [0.717, 1.165) is 80.6 Å². The minimum Gasteiger partial charge on any atom is -0.396 e. The Morgan fingerprint density at radius 2 is 1.71 bits per heavy atom. The molecule has 5 heteroatoms. The van der Waals surface area contributed by atoms with Gasteiger partial charge in [-0.15, -0.1) is 0 Å². The van der Waals surface area contributed by atoms with Crippen molar-refractivity contribution < 1.29 is 9.84 Å². The van der Waals surface area contributed by atoms with Crippen LogP contribution in [0.1, 0.15) is 105 Å². The van der Waals surface area contributed by atoms with E-state index in [-0.39, 0.29) is 6.61 Å². The first-order valence-corrected chi connectivity index (χ1v) is 16.0. The van der Waals surface area contributed by atoms with E-state index in [0.29, 0.717) is 12.5 Å². The fourth-order valence-corrected chi connectivity index (χ4v) is 4.36. The molecule has 2 atom stereocenters. The third-order valence-corrected chi connectivity index (χ3v) is 7.62. The van der Waals surface area contributed by atoms with Crippen LogP contribution in [0, 0.1) is 11.8 Å². The van der Waals surface area contributed by atoms with E-state index < -0.39 is 0 Å². The normalized spacial score (nSPS) is 13.7. The van der Waals surface area contributed by atoms with Crippen molar-refractivity contribution >= 4 is 11.3 Å². The average Bonchev–Trinajstić information content (AvgIpc) is 2.97. The zero-order valence-electron chi connectivity index (χ0n) is 28.6. The first-order chi connectivity index (χ1) is 20.0. The first kappa shape index (κ1) is 39.5. The van der Waals surface area contributed by atoms with Gasteiger partial charge in [-0.2, -0.15) is 0 Å². The molecule has 0 amide bonds. The molecule has 0 aromatic heterocycles. The van der Waals surface area contributed by atoms with E-state index in [1.54, 1.807) is 0 Å². The molecule has 1 unspecified atom stereocenters. The molecule has 0 aliphatic rings. The maximum atomic E-state index is 9.13. The van der Waals surface area contributed by atoms with Gasteiger partial charge in [-0.1, -0.05) is 78.5 Å². The number of aryl methyl sites for hydroxylation is 1. The Balaban J connectivity index is 0.00000160. The van der Waals surface area contributed by atoms with Crippen molar-refractivity contribution in [2.45, 2.75) is 101 Å².